The summed E-state index contributed by atoms with van der Waals surface area (Å²) in [5, 5.41) is 31.6. The number of anilines is 3. The van der Waals surface area contributed by atoms with Crippen molar-refractivity contribution in [1.29, 1.82) is 0 Å². The fourth-order valence-corrected chi connectivity index (χ4v) is 4.83. The molecule has 0 unspecified atom stereocenters. The molecule has 0 fully saturated rings. The number of fused-ring (bicyclic) bond motifs is 2. The maximum Gasteiger partial charge on any atom is 0.354 e. The van der Waals surface area contributed by atoms with Crippen LogP contribution >= 0.6 is 12.4 Å². The second kappa shape index (κ2) is 13.4. The zero-order chi connectivity index (χ0) is 32.4. The number of methoxy groups -OCH3 is 1. The Morgan fingerprint density at radius 3 is 2.54 bits per heavy atom. The molecule has 5 aromatic rings. The lowest BCUT2D eigenvalue weighted by Crippen LogP contribution is -2.36. The summed E-state index contributed by atoms with van der Waals surface area (Å²) in [6, 6.07) is 13.1. The normalized spacial score (nSPS) is 13.2. The largest absolute Gasteiger partial charge is 0.489 e. The number of nitrogens with two attached hydrogens (primary N) is 2. The first-order chi connectivity index (χ1) is 21.5. The Morgan fingerprint density at radius 2 is 1.87 bits per heavy atom. The molecule has 0 saturated heterocycles. The Balaban J connectivity index is 0.000000240. The van der Waals surface area contributed by atoms with Crippen molar-refractivity contribution < 1.29 is 29.3 Å². The van der Waals surface area contributed by atoms with Crippen LogP contribution in [0, 0.1) is 0 Å². The SMILES string of the molecule is COC(=O)c1ccc2c(c1)CC[C@@H]2NC(=O)c1cc(C(=O)O)n2nnc(O)c2n1.Cl.NCc1cccc(Nc2c(N)c(=O)c2=O)c1. The third kappa shape index (κ3) is 6.33. The van der Waals surface area contributed by atoms with Gasteiger partial charge in [-0.25, -0.2) is 14.6 Å². The van der Waals surface area contributed by atoms with Gasteiger partial charge in [-0.05, 0) is 53.8 Å². The number of amides is 1. The number of carbonyl (C=O) groups is 3. The first-order valence-electron chi connectivity index (χ1n) is 13.4. The lowest BCUT2D eigenvalue weighted by Gasteiger charge is -2.14. The molecule has 0 radical (unpaired) electrons. The predicted molar refractivity (Wildman–Crippen MR) is 166 cm³/mol. The maximum absolute atomic E-state index is 12.7. The molecule has 2 aromatic heterocycles. The molecule has 3 aromatic carbocycles. The second-order valence-electron chi connectivity index (χ2n) is 9.93. The number of nitrogens with one attached hydrogen (secondary N) is 2. The van der Waals surface area contributed by atoms with E-state index in [0.717, 1.165) is 27.3 Å². The summed E-state index contributed by atoms with van der Waals surface area (Å²) in [5.74, 6) is -2.97. The van der Waals surface area contributed by atoms with Crippen molar-refractivity contribution in [2.75, 3.05) is 18.2 Å². The van der Waals surface area contributed by atoms with Crippen molar-refractivity contribution in [2.45, 2.75) is 25.4 Å². The quantitative estimate of drug-likeness (QED) is 0.107. The molecule has 1 atom stereocenters. The van der Waals surface area contributed by atoms with Crippen LogP contribution in [0.15, 0.2) is 58.1 Å². The van der Waals surface area contributed by atoms with Crippen molar-refractivity contribution in [2.24, 2.45) is 5.73 Å². The number of hydrogen-bond acceptors (Lipinski definition) is 13. The van der Waals surface area contributed by atoms with Crippen molar-refractivity contribution in [3.8, 4) is 5.88 Å². The lowest BCUT2D eigenvalue weighted by atomic mass is 10.0. The molecule has 0 spiro atoms. The van der Waals surface area contributed by atoms with Crippen molar-refractivity contribution in [3.05, 3.63) is 103 Å². The smallest absolute Gasteiger partial charge is 0.354 e. The highest BCUT2D eigenvalue weighted by Gasteiger charge is 2.27. The van der Waals surface area contributed by atoms with Gasteiger partial charge in [0.05, 0.1) is 18.7 Å². The number of nitrogens with zero attached hydrogens (tertiary/aromatic N) is 4. The predicted octanol–water partition coefficient (Wildman–Crippen LogP) is 1.22. The highest BCUT2D eigenvalue weighted by molar-refractivity contribution is 5.96. The van der Waals surface area contributed by atoms with Gasteiger partial charge in [-0.1, -0.05) is 28.5 Å². The molecule has 238 valence electrons. The third-order valence-corrected chi connectivity index (χ3v) is 7.14. The fraction of sp³-hybridized carbons (Fsp3) is 0.172. The zero-order valence-corrected chi connectivity index (χ0v) is 24.8. The molecule has 1 amide bonds. The Hall–Kier alpha value is -5.87. The number of nitrogen functional groups attached to an aromatic ring is 1. The number of carboxylic acid groups (broad SMARTS) is 1. The van der Waals surface area contributed by atoms with E-state index in [9.17, 15) is 34.2 Å². The number of aromatic carboxylic acids is 1. The first kappa shape index (κ1) is 33.0. The number of benzene rings is 2. The van der Waals surface area contributed by atoms with Crippen molar-refractivity contribution >= 4 is 53.0 Å². The summed E-state index contributed by atoms with van der Waals surface area (Å²) in [5.41, 5.74) is 12.9. The van der Waals surface area contributed by atoms with Gasteiger partial charge in [-0.15, -0.1) is 12.4 Å². The zero-order valence-electron chi connectivity index (χ0n) is 24.0. The van der Waals surface area contributed by atoms with Gasteiger partial charge in [0.1, 0.15) is 17.1 Å². The number of ether oxygens (including phenoxy) is 1. The molecular formula is C29H27ClN8O8. The van der Waals surface area contributed by atoms with Gasteiger partial charge in [0.25, 0.3) is 22.6 Å². The molecule has 1 aliphatic carbocycles. The van der Waals surface area contributed by atoms with Crippen LogP contribution in [-0.4, -0.2) is 55.0 Å². The Kier molecular flexibility index (Phi) is 9.63. The Morgan fingerprint density at radius 1 is 1.11 bits per heavy atom. The van der Waals surface area contributed by atoms with E-state index in [-0.39, 0.29) is 46.9 Å². The van der Waals surface area contributed by atoms with Crippen LogP contribution in [0.1, 0.15) is 60.5 Å². The van der Waals surface area contributed by atoms with Crippen LogP contribution in [0.2, 0.25) is 0 Å². The molecule has 6 rings (SSSR count). The van der Waals surface area contributed by atoms with E-state index >= 15 is 0 Å². The van der Waals surface area contributed by atoms with Crippen LogP contribution in [0.4, 0.5) is 17.1 Å². The molecule has 46 heavy (non-hydrogen) atoms. The van der Waals surface area contributed by atoms with Gasteiger partial charge in [0.2, 0.25) is 5.65 Å². The van der Waals surface area contributed by atoms with Crippen LogP contribution in [-0.2, 0) is 17.7 Å². The molecule has 0 aliphatic heterocycles. The van der Waals surface area contributed by atoms with Gasteiger partial charge < -0.3 is 37.1 Å². The maximum atomic E-state index is 12.7. The number of hydrogen-bond donors (Lipinski definition) is 6. The van der Waals surface area contributed by atoms with Gasteiger partial charge in [-0.2, -0.15) is 4.52 Å². The third-order valence-electron chi connectivity index (χ3n) is 7.14. The number of carboxylic acids is 1. The molecule has 16 nitrogen and oxygen atoms in total. The lowest BCUT2D eigenvalue weighted by molar-refractivity contribution is 0.0599. The van der Waals surface area contributed by atoms with Crippen LogP contribution < -0.4 is 33.0 Å². The van der Waals surface area contributed by atoms with E-state index < -0.39 is 34.6 Å². The van der Waals surface area contributed by atoms with Crippen molar-refractivity contribution in [1.82, 2.24) is 25.1 Å². The Labute approximate surface area is 265 Å². The number of rotatable bonds is 7. The minimum atomic E-state index is -1.35. The molecule has 17 heteroatoms. The fourth-order valence-electron chi connectivity index (χ4n) is 4.83. The van der Waals surface area contributed by atoms with E-state index in [4.69, 9.17) is 16.2 Å². The number of aromatic hydroxyl groups is 1. The van der Waals surface area contributed by atoms with E-state index in [2.05, 4.69) is 25.9 Å². The molecule has 2 heterocycles. The molecular weight excluding hydrogens is 624 g/mol. The number of aryl methyl sites for hydroxylation is 1. The van der Waals surface area contributed by atoms with E-state index in [1.165, 1.54) is 7.11 Å². The van der Waals surface area contributed by atoms with Gasteiger partial charge in [-0.3, -0.25) is 14.4 Å². The minimum Gasteiger partial charge on any atom is -0.489 e. The van der Waals surface area contributed by atoms with E-state index in [0.29, 0.717) is 30.6 Å². The number of aromatic nitrogens is 4. The summed E-state index contributed by atoms with van der Waals surface area (Å²) < 4.78 is 5.56. The van der Waals surface area contributed by atoms with Crippen LogP contribution in [0.5, 0.6) is 5.88 Å². The van der Waals surface area contributed by atoms with Gasteiger partial charge >= 0.3 is 11.9 Å². The van der Waals surface area contributed by atoms with Gasteiger partial charge in [0.15, 0.2) is 5.69 Å². The summed E-state index contributed by atoms with van der Waals surface area (Å²) in [6.45, 7) is 0.414. The molecule has 8 N–H and O–H groups in total. The highest BCUT2D eigenvalue weighted by atomic mass is 35.5. The Bertz CT molecular complexity index is 2050. The van der Waals surface area contributed by atoms with Crippen LogP contribution in [0.25, 0.3) is 5.65 Å². The van der Waals surface area contributed by atoms with Crippen LogP contribution in [0.3, 0.4) is 0 Å². The topological polar surface area (TPSA) is 254 Å². The molecule has 0 saturated carbocycles. The van der Waals surface area contributed by atoms with Crippen molar-refractivity contribution in [3.63, 3.8) is 0 Å². The summed E-state index contributed by atoms with van der Waals surface area (Å²) in [6.07, 6.45) is 1.27. The first-order valence-corrected chi connectivity index (χ1v) is 13.4. The van der Waals surface area contributed by atoms with Gasteiger partial charge in [0, 0.05) is 18.3 Å². The van der Waals surface area contributed by atoms with E-state index in [1.807, 2.05) is 12.1 Å². The highest BCUT2D eigenvalue weighted by Crippen LogP contribution is 2.32. The monoisotopic (exact) mass is 650 g/mol. The average molecular weight is 651 g/mol. The summed E-state index contributed by atoms with van der Waals surface area (Å²) in [4.78, 5) is 61.9. The average Bonchev–Trinajstić information content (AvgIpc) is 3.64. The minimum absolute atomic E-state index is 0. The standard InChI is InChI=1S/C18H15N5O6.C11H11N3O2.ClH/c1-29-18(28)9-2-4-10-8(6-9)3-5-11(10)20-15(24)12-7-13(17(26)27)23-14(19-12)16(25)21-22-23;12-5-6-2-1-3-7(4-6)14-9-8(13)10(15)11(9)16;/h2,4,6-7,11,25H,3,5H2,1H3,(H,20,24)(H,26,27);1-4,14H,5,12-13H2;1H/t11-;;/m0../s1. The number of halogens is 1. The second-order valence-corrected chi connectivity index (χ2v) is 9.93. The summed E-state index contributed by atoms with van der Waals surface area (Å²) in [7, 11) is 1.31. The van der Waals surface area contributed by atoms with E-state index in [1.54, 1.807) is 30.3 Å². The number of carbonyl (C=O) groups excluding carboxylic acids is 2. The molecule has 1 aliphatic rings. The summed E-state index contributed by atoms with van der Waals surface area (Å²) >= 11 is 0. The molecule has 0 bridgehead atoms. The number of esters is 1.